The Bertz CT molecular complexity index is 802. The van der Waals surface area contributed by atoms with Crippen molar-refractivity contribution in [2.75, 3.05) is 13.2 Å². The molecule has 152 valence electrons. The Morgan fingerprint density at radius 1 is 1.21 bits per heavy atom. The van der Waals surface area contributed by atoms with Gasteiger partial charge in [-0.15, -0.1) is 0 Å². The predicted octanol–water partition coefficient (Wildman–Crippen LogP) is 2.78. The van der Waals surface area contributed by atoms with Crippen molar-refractivity contribution in [2.45, 2.75) is 53.0 Å². The largest absolute Gasteiger partial charge is 0.456 e. The number of ether oxygens (including phenoxy) is 1. The summed E-state index contributed by atoms with van der Waals surface area (Å²) in [5, 5.41) is 2.66. The first-order chi connectivity index (χ1) is 13.0. The van der Waals surface area contributed by atoms with Gasteiger partial charge < -0.3 is 10.1 Å². The van der Waals surface area contributed by atoms with Crippen LogP contribution >= 0.6 is 0 Å². The number of rotatable bonds is 8. The SMILES string of the molecule is Cc1ccc(C(=O)COC(=O)CN2C(=O)N[C@@](C)(CCC(C)C)C2=O)c(C)c1. The van der Waals surface area contributed by atoms with Crippen molar-refractivity contribution in [3.63, 3.8) is 0 Å². The third-order valence-electron chi connectivity index (χ3n) is 4.90. The highest BCUT2D eigenvalue weighted by atomic mass is 16.5. The van der Waals surface area contributed by atoms with Gasteiger partial charge in [-0.25, -0.2) is 4.79 Å². The number of carbonyl (C=O) groups excluding carboxylic acids is 4. The van der Waals surface area contributed by atoms with E-state index < -0.39 is 36.6 Å². The highest BCUT2D eigenvalue weighted by molar-refractivity contribution is 6.08. The Morgan fingerprint density at radius 3 is 2.50 bits per heavy atom. The van der Waals surface area contributed by atoms with Gasteiger partial charge in [0, 0.05) is 5.56 Å². The fraction of sp³-hybridized carbons (Fsp3) is 0.524. The maximum Gasteiger partial charge on any atom is 0.326 e. The second-order valence-electron chi connectivity index (χ2n) is 7.99. The molecule has 0 radical (unpaired) electrons. The van der Waals surface area contributed by atoms with Crippen molar-refractivity contribution < 1.29 is 23.9 Å². The van der Waals surface area contributed by atoms with Crippen molar-refractivity contribution in [3.05, 3.63) is 34.9 Å². The van der Waals surface area contributed by atoms with Gasteiger partial charge in [-0.05, 0) is 45.1 Å². The van der Waals surface area contributed by atoms with Crippen molar-refractivity contribution in [1.82, 2.24) is 10.2 Å². The molecule has 2 rings (SSSR count). The number of urea groups is 1. The molecule has 1 aliphatic rings. The van der Waals surface area contributed by atoms with Gasteiger partial charge in [-0.2, -0.15) is 0 Å². The minimum atomic E-state index is -1.02. The second-order valence-corrected chi connectivity index (χ2v) is 7.99. The van der Waals surface area contributed by atoms with Crippen molar-refractivity contribution in [2.24, 2.45) is 5.92 Å². The number of amides is 3. The van der Waals surface area contributed by atoms with Gasteiger partial charge in [-0.3, -0.25) is 19.3 Å². The van der Waals surface area contributed by atoms with E-state index in [1.165, 1.54) is 0 Å². The topological polar surface area (TPSA) is 92.8 Å². The molecule has 1 N–H and O–H groups in total. The number of nitrogens with zero attached hydrogens (tertiary/aromatic N) is 1. The molecule has 0 aliphatic carbocycles. The molecule has 28 heavy (non-hydrogen) atoms. The third kappa shape index (κ3) is 4.97. The van der Waals surface area contributed by atoms with Crippen molar-refractivity contribution in [1.29, 1.82) is 0 Å². The molecule has 3 amide bonds. The van der Waals surface area contributed by atoms with E-state index in [2.05, 4.69) is 5.32 Å². The Balaban J connectivity index is 1.93. The number of Topliss-reactive ketones (excluding diaryl/α,β-unsaturated/α-hetero) is 1. The van der Waals surface area contributed by atoms with Crippen LogP contribution in [0, 0.1) is 19.8 Å². The summed E-state index contributed by atoms with van der Waals surface area (Å²) in [4.78, 5) is 49.9. The second kappa shape index (κ2) is 8.54. The molecule has 1 atom stereocenters. The molecule has 1 saturated heterocycles. The lowest BCUT2D eigenvalue weighted by Gasteiger charge is -2.22. The number of carbonyl (C=O) groups is 4. The first-order valence-corrected chi connectivity index (χ1v) is 9.43. The Morgan fingerprint density at radius 2 is 1.89 bits per heavy atom. The van der Waals surface area contributed by atoms with E-state index in [4.69, 9.17) is 4.74 Å². The minimum Gasteiger partial charge on any atom is -0.456 e. The van der Waals surface area contributed by atoms with E-state index in [-0.39, 0.29) is 5.78 Å². The number of esters is 1. The van der Waals surface area contributed by atoms with Gasteiger partial charge >= 0.3 is 12.0 Å². The summed E-state index contributed by atoms with van der Waals surface area (Å²) in [6.45, 7) is 8.52. The number of aryl methyl sites for hydroxylation is 2. The number of ketones is 1. The van der Waals surface area contributed by atoms with Crippen LogP contribution in [0.3, 0.4) is 0 Å². The Labute approximate surface area is 165 Å². The fourth-order valence-corrected chi connectivity index (χ4v) is 3.16. The van der Waals surface area contributed by atoms with E-state index >= 15 is 0 Å². The van der Waals surface area contributed by atoms with Gasteiger partial charge in [0.25, 0.3) is 5.91 Å². The van der Waals surface area contributed by atoms with Gasteiger partial charge in [0.2, 0.25) is 5.78 Å². The molecule has 7 nitrogen and oxygen atoms in total. The summed E-state index contributed by atoms with van der Waals surface area (Å²) in [5.41, 5.74) is 1.30. The minimum absolute atomic E-state index is 0.329. The van der Waals surface area contributed by atoms with Crippen molar-refractivity contribution >= 4 is 23.7 Å². The van der Waals surface area contributed by atoms with Crippen LogP contribution < -0.4 is 5.32 Å². The highest BCUT2D eigenvalue weighted by Gasteiger charge is 2.48. The van der Waals surface area contributed by atoms with Crippen LogP contribution in [0.2, 0.25) is 0 Å². The van der Waals surface area contributed by atoms with Crippen LogP contribution in [0.5, 0.6) is 0 Å². The van der Waals surface area contributed by atoms with Crippen LogP contribution in [0.4, 0.5) is 4.79 Å². The lowest BCUT2D eigenvalue weighted by Crippen LogP contribution is -2.44. The molecule has 1 aromatic rings. The number of nitrogens with one attached hydrogen (secondary N) is 1. The molecule has 0 saturated carbocycles. The van der Waals surface area contributed by atoms with Crippen LogP contribution in [0.25, 0.3) is 0 Å². The predicted molar refractivity (Wildman–Crippen MR) is 104 cm³/mol. The lowest BCUT2D eigenvalue weighted by atomic mass is 9.92. The number of imide groups is 1. The normalized spacial score (nSPS) is 19.1. The molecule has 1 heterocycles. The molecule has 7 heteroatoms. The lowest BCUT2D eigenvalue weighted by molar-refractivity contribution is -0.146. The van der Waals surface area contributed by atoms with Gasteiger partial charge in [0.15, 0.2) is 6.61 Å². The van der Waals surface area contributed by atoms with Crippen molar-refractivity contribution in [3.8, 4) is 0 Å². The molecular weight excluding hydrogens is 360 g/mol. The summed E-state index contributed by atoms with van der Waals surface area (Å²) in [6.07, 6.45) is 1.26. The molecule has 1 fully saturated rings. The molecule has 0 unspecified atom stereocenters. The summed E-state index contributed by atoms with van der Waals surface area (Å²) in [6, 6.07) is 4.76. The summed E-state index contributed by atoms with van der Waals surface area (Å²) in [7, 11) is 0. The fourth-order valence-electron chi connectivity index (χ4n) is 3.16. The molecule has 0 bridgehead atoms. The zero-order chi connectivity index (χ0) is 21.1. The molecule has 0 spiro atoms. The maximum absolute atomic E-state index is 12.6. The number of benzene rings is 1. The van der Waals surface area contributed by atoms with E-state index in [9.17, 15) is 19.2 Å². The third-order valence-corrected chi connectivity index (χ3v) is 4.90. The maximum atomic E-state index is 12.6. The Kier molecular flexibility index (Phi) is 6.59. The molecule has 1 aromatic carbocycles. The van der Waals surface area contributed by atoms with Gasteiger partial charge in [-0.1, -0.05) is 37.6 Å². The quantitative estimate of drug-likeness (QED) is 0.420. The van der Waals surface area contributed by atoms with Crippen LogP contribution in [0.1, 0.15) is 55.1 Å². The Hall–Kier alpha value is -2.70. The van der Waals surface area contributed by atoms with Crippen LogP contribution in [-0.2, 0) is 14.3 Å². The summed E-state index contributed by atoms with van der Waals surface area (Å²) in [5.74, 6) is -1.19. The van der Waals surface area contributed by atoms with Crippen LogP contribution in [-0.4, -0.2) is 47.3 Å². The van der Waals surface area contributed by atoms with Crippen LogP contribution in [0.15, 0.2) is 18.2 Å². The first-order valence-electron chi connectivity index (χ1n) is 9.43. The molecule has 0 aromatic heterocycles. The zero-order valence-electron chi connectivity index (χ0n) is 17.1. The number of hydrogen-bond donors (Lipinski definition) is 1. The molecule has 1 aliphatic heterocycles. The number of hydrogen-bond acceptors (Lipinski definition) is 5. The summed E-state index contributed by atoms with van der Waals surface area (Å²) >= 11 is 0. The van der Waals surface area contributed by atoms with E-state index in [1.807, 2.05) is 39.8 Å². The average Bonchev–Trinajstić information content (AvgIpc) is 2.81. The first kappa shape index (κ1) is 21.6. The standard InChI is InChI=1S/C21H28N2O5/c1-13(2)8-9-21(5)19(26)23(20(27)22-21)11-18(25)28-12-17(24)16-7-6-14(3)10-15(16)4/h6-7,10,13H,8-9,11-12H2,1-5H3,(H,22,27)/t21-/m0/s1. The highest BCUT2D eigenvalue weighted by Crippen LogP contribution is 2.24. The van der Waals surface area contributed by atoms with E-state index in [0.717, 1.165) is 22.4 Å². The van der Waals surface area contributed by atoms with Gasteiger partial charge in [0.1, 0.15) is 12.1 Å². The van der Waals surface area contributed by atoms with E-state index in [0.29, 0.717) is 17.9 Å². The smallest absolute Gasteiger partial charge is 0.326 e. The summed E-state index contributed by atoms with van der Waals surface area (Å²) < 4.78 is 5.01. The van der Waals surface area contributed by atoms with Gasteiger partial charge in [0.05, 0.1) is 0 Å². The average molecular weight is 388 g/mol. The zero-order valence-corrected chi connectivity index (χ0v) is 17.1. The molecular formula is C21H28N2O5. The monoisotopic (exact) mass is 388 g/mol. The van der Waals surface area contributed by atoms with E-state index in [1.54, 1.807) is 13.0 Å².